The number of carbonyl (C=O) groups excluding carboxylic acids is 2. The van der Waals surface area contributed by atoms with E-state index in [0.29, 0.717) is 12.8 Å². The van der Waals surface area contributed by atoms with Gasteiger partial charge in [0, 0.05) is 12.8 Å². The predicted molar refractivity (Wildman–Crippen MR) is 254 cm³/mol. The Morgan fingerprint density at radius 1 is 0.516 bits per heavy atom. The Hall–Kier alpha value is -2.30. The van der Waals surface area contributed by atoms with Gasteiger partial charge < -0.3 is 25.2 Å². The van der Waals surface area contributed by atoms with Crippen molar-refractivity contribution in [1.29, 1.82) is 0 Å². The molecule has 0 aliphatic carbocycles. The molecule has 1 amide bonds. The number of carbonyl (C=O) groups is 3. The number of aliphatic hydroxyl groups excluding tert-OH is 1. The predicted octanol–water partition coefficient (Wildman–Crippen LogP) is 13.6. The summed E-state index contributed by atoms with van der Waals surface area (Å²) in [5.74, 6) is -2.37. The molecule has 11 nitrogen and oxygen atoms in total. The van der Waals surface area contributed by atoms with Crippen molar-refractivity contribution in [3.8, 4) is 0 Å². The van der Waals surface area contributed by atoms with Gasteiger partial charge in [-0.3, -0.25) is 18.6 Å². The van der Waals surface area contributed by atoms with Gasteiger partial charge in [0.25, 0.3) is 0 Å². The molecule has 0 rings (SSSR count). The molecular formula is C50H92NO10P. The summed E-state index contributed by atoms with van der Waals surface area (Å²) in [4.78, 5) is 46.1. The van der Waals surface area contributed by atoms with Crippen molar-refractivity contribution in [2.45, 2.75) is 244 Å². The van der Waals surface area contributed by atoms with E-state index in [2.05, 4.69) is 55.6 Å². The summed E-state index contributed by atoms with van der Waals surface area (Å²) < 4.78 is 26.9. The molecule has 12 heteroatoms. The van der Waals surface area contributed by atoms with Crippen LogP contribution in [-0.4, -0.2) is 64.9 Å². The average molecular weight is 898 g/mol. The number of rotatable bonds is 47. The van der Waals surface area contributed by atoms with E-state index in [1.165, 1.54) is 141 Å². The van der Waals surface area contributed by atoms with Gasteiger partial charge in [0.2, 0.25) is 5.91 Å². The van der Waals surface area contributed by atoms with Crippen molar-refractivity contribution in [3.63, 3.8) is 0 Å². The molecule has 0 aromatic heterocycles. The maximum atomic E-state index is 12.4. The van der Waals surface area contributed by atoms with Crippen LogP contribution in [0, 0.1) is 0 Å². The summed E-state index contributed by atoms with van der Waals surface area (Å²) in [6, 6.07) is -1.55. The Labute approximate surface area is 378 Å². The van der Waals surface area contributed by atoms with Crippen LogP contribution in [0.15, 0.2) is 36.5 Å². The number of hydrogen-bond acceptors (Lipinski definition) is 8. The lowest BCUT2D eigenvalue weighted by molar-refractivity contribution is -0.147. The number of phosphoric ester groups is 1. The fourth-order valence-electron chi connectivity index (χ4n) is 6.99. The van der Waals surface area contributed by atoms with Gasteiger partial charge in [-0.05, 0) is 70.6 Å². The van der Waals surface area contributed by atoms with Crippen molar-refractivity contribution < 1.29 is 47.8 Å². The number of aliphatic carboxylic acids is 1. The Morgan fingerprint density at radius 3 is 1.35 bits per heavy atom. The van der Waals surface area contributed by atoms with Crippen LogP contribution in [-0.2, 0) is 32.7 Å². The molecule has 3 unspecified atom stereocenters. The number of allylic oxidation sites excluding steroid dienone is 6. The zero-order valence-electron chi connectivity index (χ0n) is 39.4. The van der Waals surface area contributed by atoms with Gasteiger partial charge in [-0.15, -0.1) is 0 Å². The smallest absolute Gasteiger partial charge is 0.472 e. The van der Waals surface area contributed by atoms with Gasteiger partial charge in [-0.2, -0.15) is 0 Å². The second-order valence-corrected chi connectivity index (χ2v) is 18.5. The van der Waals surface area contributed by atoms with E-state index in [1.54, 1.807) is 0 Å². The summed E-state index contributed by atoms with van der Waals surface area (Å²) in [7, 11) is -4.76. The number of ether oxygens (including phenoxy) is 1. The van der Waals surface area contributed by atoms with E-state index in [4.69, 9.17) is 13.8 Å². The molecule has 0 radical (unpaired) electrons. The average Bonchev–Trinajstić information content (AvgIpc) is 3.25. The van der Waals surface area contributed by atoms with Crippen molar-refractivity contribution in [1.82, 2.24) is 5.32 Å². The second-order valence-electron chi connectivity index (χ2n) is 17.0. The van der Waals surface area contributed by atoms with Crippen LogP contribution in [0.5, 0.6) is 0 Å². The molecule has 0 saturated carbocycles. The van der Waals surface area contributed by atoms with Gasteiger partial charge in [-0.1, -0.05) is 185 Å². The first-order chi connectivity index (χ1) is 30.1. The van der Waals surface area contributed by atoms with Crippen molar-refractivity contribution in [3.05, 3.63) is 36.5 Å². The highest BCUT2D eigenvalue weighted by molar-refractivity contribution is 7.47. The fourth-order valence-corrected chi connectivity index (χ4v) is 7.76. The van der Waals surface area contributed by atoms with Gasteiger partial charge >= 0.3 is 19.8 Å². The molecule has 0 heterocycles. The number of carboxylic acids is 1. The quantitative estimate of drug-likeness (QED) is 0.0200. The lowest BCUT2D eigenvalue weighted by Gasteiger charge is -2.18. The third-order valence-corrected chi connectivity index (χ3v) is 11.9. The van der Waals surface area contributed by atoms with Crippen LogP contribution in [0.3, 0.4) is 0 Å². The van der Waals surface area contributed by atoms with Crippen LogP contribution in [0.25, 0.3) is 0 Å². The summed E-state index contributed by atoms with van der Waals surface area (Å²) in [6.45, 7) is 2.58. The zero-order valence-corrected chi connectivity index (χ0v) is 40.3. The number of amides is 1. The minimum atomic E-state index is -4.76. The van der Waals surface area contributed by atoms with Gasteiger partial charge in [0.05, 0.1) is 13.2 Å². The van der Waals surface area contributed by atoms with E-state index < -0.39 is 57.6 Å². The van der Waals surface area contributed by atoms with E-state index in [9.17, 15) is 34.1 Å². The molecule has 0 aliphatic heterocycles. The topological polar surface area (TPSA) is 169 Å². The summed E-state index contributed by atoms with van der Waals surface area (Å²) in [5.41, 5.74) is 0. The monoisotopic (exact) mass is 898 g/mol. The molecular weight excluding hydrogens is 806 g/mol. The second kappa shape index (κ2) is 45.3. The lowest BCUT2D eigenvalue weighted by atomic mass is 10.0. The summed E-state index contributed by atoms with van der Waals surface area (Å²) >= 11 is 0. The number of aliphatic hydroxyl groups is 1. The SMILES string of the molecule is CCCCC/C=C\C/C=C\CCCCCCCCCC(=O)OCC(O)COP(=O)(O)OCC(NC(=O)CCCCCCCCCCCCC/C=C/CCCCCCCC)C(=O)O. The molecule has 362 valence electrons. The van der Waals surface area contributed by atoms with Crippen molar-refractivity contribution in [2.75, 3.05) is 19.8 Å². The standard InChI is InChI=1S/C50H92NO10P/c1-3-5-7-9-11-13-15-17-19-21-22-23-24-26-27-29-31-33-35-37-39-41-48(53)51-47(50(55)56)45-61-62(57,58)60-44-46(52)43-59-49(54)42-40-38-36-34-32-30-28-25-20-18-16-14-12-10-8-6-4-2/h12,14,17-20,46-47,52H,3-11,13,15-16,21-45H2,1-2H3,(H,51,53)(H,55,56)(H,57,58)/b14-12-,19-17+,20-18-. The minimum absolute atomic E-state index is 0.145. The Kier molecular flexibility index (Phi) is 43.6. The van der Waals surface area contributed by atoms with Gasteiger partial charge in [0.1, 0.15) is 12.7 Å². The van der Waals surface area contributed by atoms with E-state index in [-0.39, 0.29) is 12.8 Å². The number of unbranched alkanes of at least 4 members (excludes halogenated alkanes) is 27. The summed E-state index contributed by atoms with van der Waals surface area (Å²) in [5, 5.41) is 21.9. The Bertz CT molecular complexity index is 1190. The van der Waals surface area contributed by atoms with Crippen molar-refractivity contribution >= 4 is 25.7 Å². The molecule has 4 N–H and O–H groups in total. The molecule has 0 aliphatic rings. The third kappa shape index (κ3) is 44.3. The molecule has 0 spiro atoms. The van der Waals surface area contributed by atoms with Crippen LogP contribution < -0.4 is 5.32 Å². The lowest BCUT2D eigenvalue weighted by Crippen LogP contribution is -2.43. The molecule has 0 saturated heterocycles. The largest absolute Gasteiger partial charge is 0.480 e. The molecule has 0 aromatic rings. The first-order valence-electron chi connectivity index (χ1n) is 25.0. The molecule has 3 atom stereocenters. The molecule has 0 fully saturated rings. The number of carboxylic acid groups (broad SMARTS) is 1. The zero-order chi connectivity index (χ0) is 45.6. The van der Waals surface area contributed by atoms with Crippen LogP contribution in [0.2, 0.25) is 0 Å². The number of hydrogen-bond donors (Lipinski definition) is 4. The highest BCUT2D eigenvalue weighted by atomic mass is 31.2. The van der Waals surface area contributed by atoms with Gasteiger partial charge in [-0.25, -0.2) is 9.36 Å². The number of nitrogens with one attached hydrogen (secondary N) is 1. The number of esters is 1. The normalized spacial score (nSPS) is 13.9. The molecule has 0 bridgehead atoms. The summed E-state index contributed by atoms with van der Waals surface area (Å²) in [6.07, 6.45) is 50.2. The first-order valence-corrected chi connectivity index (χ1v) is 26.5. The third-order valence-electron chi connectivity index (χ3n) is 10.9. The molecule has 62 heavy (non-hydrogen) atoms. The van der Waals surface area contributed by atoms with Crippen LogP contribution >= 0.6 is 7.82 Å². The van der Waals surface area contributed by atoms with Crippen molar-refractivity contribution in [2.24, 2.45) is 0 Å². The maximum Gasteiger partial charge on any atom is 0.472 e. The Balaban J connectivity index is 3.84. The minimum Gasteiger partial charge on any atom is -0.480 e. The fraction of sp³-hybridized carbons (Fsp3) is 0.820. The first kappa shape index (κ1) is 59.7. The number of phosphoric acid groups is 1. The van der Waals surface area contributed by atoms with E-state index in [0.717, 1.165) is 51.4 Å². The van der Waals surface area contributed by atoms with Gasteiger partial charge in [0.15, 0.2) is 6.04 Å². The highest BCUT2D eigenvalue weighted by Gasteiger charge is 2.28. The van der Waals surface area contributed by atoms with E-state index in [1.807, 2.05) is 0 Å². The highest BCUT2D eigenvalue weighted by Crippen LogP contribution is 2.43. The molecule has 0 aromatic carbocycles. The van der Waals surface area contributed by atoms with Crippen LogP contribution in [0.1, 0.15) is 232 Å². The van der Waals surface area contributed by atoms with E-state index >= 15 is 0 Å². The van der Waals surface area contributed by atoms with Crippen LogP contribution in [0.4, 0.5) is 0 Å². The Morgan fingerprint density at radius 2 is 0.887 bits per heavy atom. The maximum absolute atomic E-state index is 12.4.